The van der Waals surface area contributed by atoms with Gasteiger partial charge in [0.2, 0.25) is 11.8 Å². The van der Waals surface area contributed by atoms with Crippen LogP contribution in [0.1, 0.15) is 53.5 Å². The molecule has 7 nitrogen and oxygen atoms in total. The van der Waals surface area contributed by atoms with E-state index in [0.29, 0.717) is 12.1 Å². The fourth-order valence-corrected chi connectivity index (χ4v) is 7.48. The minimum atomic E-state index is -4.13. The minimum absolute atomic E-state index is 0.0622. The molecule has 1 aliphatic carbocycles. The molecule has 0 bridgehead atoms. The lowest BCUT2D eigenvalue weighted by atomic mass is 10.0. The standard InChI is InChI=1S/C38H43N3O4S/c1-28-13-12-16-32(23-28)26-40(36(25-31-14-6-4-7-15-31)38(43)39-33-17-10-11-18-33)37(42)27-41(34-22-21-29(2)30(3)24-34)46(44,45)35-19-8-5-9-20-35/h4-9,12-16,19-24,33,36H,10-11,17-18,25-27H2,1-3H3,(H,39,43). The quantitative estimate of drug-likeness (QED) is 0.192. The maximum absolute atomic E-state index is 14.7. The van der Waals surface area contributed by atoms with E-state index in [9.17, 15) is 18.0 Å². The first-order valence-electron chi connectivity index (χ1n) is 16.0. The Balaban J connectivity index is 1.57. The summed E-state index contributed by atoms with van der Waals surface area (Å²) in [5, 5.41) is 3.22. The molecule has 240 valence electrons. The number of anilines is 1. The molecule has 0 saturated heterocycles. The van der Waals surface area contributed by atoms with Crippen molar-refractivity contribution in [2.24, 2.45) is 0 Å². The molecule has 1 aliphatic rings. The van der Waals surface area contributed by atoms with Crippen LogP contribution in [0.4, 0.5) is 5.69 Å². The van der Waals surface area contributed by atoms with E-state index in [1.165, 1.54) is 16.4 Å². The highest BCUT2D eigenvalue weighted by Gasteiger charge is 2.35. The molecule has 1 fully saturated rings. The zero-order valence-corrected chi connectivity index (χ0v) is 27.7. The van der Waals surface area contributed by atoms with Gasteiger partial charge in [-0.3, -0.25) is 13.9 Å². The van der Waals surface area contributed by atoms with Crippen LogP contribution in [-0.4, -0.2) is 43.8 Å². The fraction of sp³-hybridized carbons (Fsp3) is 0.316. The second-order valence-corrected chi connectivity index (χ2v) is 14.2. The normalized spacial score (nSPS) is 14.1. The predicted molar refractivity (Wildman–Crippen MR) is 183 cm³/mol. The number of carbonyl (C=O) groups excluding carboxylic acids is 2. The molecule has 5 rings (SSSR count). The summed E-state index contributed by atoms with van der Waals surface area (Å²) in [5.41, 5.74) is 5.13. The van der Waals surface area contributed by atoms with E-state index in [1.54, 1.807) is 35.2 Å². The van der Waals surface area contributed by atoms with Gasteiger partial charge in [0.25, 0.3) is 10.0 Å². The molecule has 4 aromatic rings. The molecule has 0 aliphatic heterocycles. The Kier molecular flexibility index (Phi) is 10.6. The molecule has 1 saturated carbocycles. The van der Waals surface area contributed by atoms with Crippen LogP contribution >= 0.6 is 0 Å². The molecule has 2 amide bonds. The number of rotatable bonds is 12. The molecule has 1 atom stereocenters. The summed E-state index contributed by atoms with van der Waals surface area (Å²) in [5.74, 6) is -0.679. The van der Waals surface area contributed by atoms with Crippen LogP contribution in [0.3, 0.4) is 0 Å². The number of benzene rings is 4. The molecule has 46 heavy (non-hydrogen) atoms. The smallest absolute Gasteiger partial charge is 0.264 e. The third-order valence-corrected chi connectivity index (χ3v) is 10.6. The monoisotopic (exact) mass is 637 g/mol. The van der Waals surface area contributed by atoms with E-state index < -0.39 is 28.5 Å². The third kappa shape index (κ3) is 8.04. The lowest BCUT2D eigenvalue weighted by Gasteiger charge is -2.34. The van der Waals surface area contributed by atoms with Crippen LogP contribution in [0, 0.1) is 20.8 Å². The van der Waals surface area contributed by atoms with Crippen molar-refractivity contribution in [3.05, 3.63) is 131 Å². The van der Waals surface area contributed by atoms with Gasteiger partial charge in [-0.25, -0.2) is 8.42 Å². The fourth-order valence-electron chi connectivity index (χ4n) is 6.06. The van der Waals surface area contributed by atoms with Crippen molar-refractivity contribution in [1.82, 2.24) is 10.2 Å². The molecule has 0 radical (unpaired) electrons. The van der Waals surface area contributed by atoms with Crippen molar-refractivity contribution >= 4 is 27.5 Å². The highest BCUT2D eigenvalue weighted by atomic mass is 32.2. The number of sulfonamides is 1. The van der Waals surface area contributed by atoms with Gasteiger partial charge in [0.05, 0.1) is 10.6 Å². The zero-order valence-electron chi connectivity index (χ0n) is 26.9. The second-order valence-electron chi connectivity index (χ2n) is 12.3. The second kappa shape index (κ2) is 14.8. The van der Waals surface area contributed by atoms with Crippen LogP contribution in [0.25, 0.3) is 0 Å². The average Bonchev–Trinajstić information content (AvgIpc) is 3.56. The maximum atomic E-state index is 14.7. The van der Waals surface area contributed by atoms with E-state index in [0.717, 1.165) is 53.5 Å². The molecule has 0 spiro atoms. The highest BCUT2D eigenvalue weighted by molar-refractivity contribution is 7.92. The van der Waals surface area contributed by atoms with Gasteiger partial charge in [0.1, 0.15) is 12.6 Å². The van der Waals surface area contributed by atoms with Crippen molar-refractivity contribution < 1.29 is 18.0 Å². The summed E-state index contributed by atoms with van der Waals surface area (Å²) >= 11 is 0. The van der Waals surface area contributed by atoms with E-state index in [2.05, 4.69) is 5.32 Å². The van der Waals surface area contributed by atoms with E-state index in [4.69, 9.17) is 0 Å². The SMILES string of the molecule is Cc1cccc(CN(C(=O)CN(c2ccc(C)c(C)c2)S(=O)(=O)c2ccccc2)C(Cc2ccccc2)C(=O)NC2CCCC2)c1. The van der Waals surface area contributed by atoms with E-state index >= 15 is 0 Å². The number of nitrogens with zero attached hydrogens (tertiary/aromatic N) is 2. The average molecular weight is 638 g/mol. The Hall–Kier alpha value is -4.43. The van der Waals surface area contributed by atoms with Crippen LogP contribution in [-0.2, 0) is 32.6 Å². The number of carbonyl (C=O) groups is 2. The van der Waals surface area contributed by atoms with Crippen molar-refractivity contribution in [2.75, 3.05) is 10.8 Å². The third-order valence-electron chi connectivity index (χ3n) is 8.80. The Bertz CT molecular complexity index is 1750. The Morgan fingerprint density at radius 2 is 1.43 bits per heavy atom. The molecule has 0 heterocycles. The van der Waals surface area contributed by atoms with E-state index in [-0.39, 0.29) is 23.4 Å². The molecular weight excluding hydrogens is 595 g/mol. The topological polar surface area (TPSA) is 86.8 Å². The van der Waals surface area contributed by atoms with Gasteiger partial charge < -0.3 is 10.2 Å². The van der Waals surface area contributed by atoms with Gasteiger partial charge in [-0.2, -0.15) is 0 Å². The molecular formula is C38H43N3O4S. The first kappa shape index (κ1) is 32.9. The number of aryl methyl sites for hydroxylation is 3. The zero-order chi connectivity index (χ0) is 32.7. The predicted octanol–water partition coefficient (Wildman–Crippen LogP) is 6.51. The summed E-state index contributed by atoms with van der Waals surface area (Å²) in [6, 6.07) is 30.3. The van der Waals surface area contributed by atoms with Crippen LogP contribution < -0.4 is 9.62 Å². The Morgan fingerprint density at radius 3 is 2.09 bits per heavy atom. The largest absolute Gasteiger partial charge is 0.352 e. The van der Waals surface area contributed by atoms with Crippen molar-refractivity contribution in [3.8, 4) is 0 Å². The van der Waals surface area contributed by atoms with Crippen molar-refractivity contribution in [3.63, 3.8) is 0 Å². The maximum Gasteiger partial charge on any atom is 0.264 e. The summed E-state index contributed by atoms with van der Waals surface area (Å²) in [7, 11) is -4.13. The molecule has 4 aromatic carbocycles. The number of hydrogen-bond acceptors (Lipinski definition) is 4. The van der Waals surface area contributed by atoms with Crippen molar-refractivity contribution in [2.45, 2.75) is 76.4 Å². The summed E-state index contributed by atoms with van der Waals surface area (Å²) < 4.78 is 29.6. The minimum Gasteiger partial charge on any atom is -0.352 e. The summed E-state index contributed by atoms with van der Waals surface area (Å²) in [6.45, 7) is 5.55. The Labute approximate surface area is 273 Å². The van der Waals surface area contributed by atoms with Crippen molar-refractivity contribution in [1.29, 1.82) is 0 Å². The summed E-state index contributed by atoms with van der Waals surface area (Å²) in [4.78, 5) is 30.4. The molecule has 1 unspecified atom stereocenters. The lowest BCUT2D eigenvalue weighted by Crippen LogP contribution is -2.54. The first-order chi connectivity index (χ1) is 22.1. The van der Waals surface area contributed by atoms with Gasteiger partial charge in [-0.15, -0.1) is 0 Å². The molecule has 0 aromatic heterocycles. The number of hydrogen-bond donors (Lipinski definition) is 1. The van der Waals surface area contributed by atoms with Gasteiger partial charge in [-0.05, 0) is 80.1 Å². The number of amides is 2. The van der Waals surface area contributed by atoms with Gasteiger partial charge in [-0.1, -0.05) is 97.3 Å². The summed E-state index contributed by atoms with van der Waals surface area (Å²) in [6.07, 6.45) is 4.23. The van der Waals surface area contributed by atoms with Gasteiger partial charge >= 0.3 is 0 Å². The van der Waals surface area contributed by atoms with E-state index in [1.807, 2.05) is 81.4 Å². The van der Waals surface area contributed by atoms with Gasteiger partial charge in [0.15, 0.2) is 0 Å². The molecule has 8 heteroatoms. The van der Waals surface area contributed by atoms with Gasteiger partial charge in [0, 0.05) is 19.0 Å². The van der Waals surface area contributed by atoms with Crippen LogP contribution in [0.5, 0.6) is 0 Å². The highest BCUT2D eigenvalue weighted by Crippen LogP contribution is 2.27. The number of nitrogens with one attached hydrogen (secondary N) is 1. The molecule has 1 N–H and O–H groups in total. The van der Waals surface area contributed by atoms with Crippen LogP contribution in [0.2, 0.25) is 0 Å². The Morgan fingerprint density at radius 1 is 0.783 bits per heavy atom. The van der Waals surface area contributed by atoms with Crippen LogP contribution in [0.15, 0.2) is 108 Å². The first-order valence-corrected chi connectivity index (χ1v) is 17.4. The lowest BCUT2D eigenvalue weighted by molar-refractivity contribution is -0.140.